The third kappa shape index (κ3) is 9.21. The first-order chi connectivity index (χ1) is 20.0. The highest BCUT2D eigenvalue weighted by molar-refractivity contribution is 5.44. The van der Waals surface area contributed by atoms with Crippen molar-refractivity contribution in [3.63, 3.8) is 0 Å². The SMILES string of the molecule is C.C=C(CC[C@H]1[C@@H](c2ccc(C#Cc3ccccc3)cc2)CN1CC(C#N)C(C)CC)Cc1ccc(CCCC)cc1. The molecule has 0 aliphatic carbocycles. The van der Waals surface area contributed by atoms with E-state index in [4.69, 9.17) is 0 Å². The zero-order valence-electron chi connectivity index (χ0n) is 25.3. The van der Waals surface area contributed by atoms with E-state index in [-0.39, 0.29) is 13.3 Å². The third-order valence-electron chi connectivity index (χ3n) is 8.85. The van der Waals surface area contributed by atoms with Crippen LogP contribution < -0.4 is 0 Å². The van der Waals surface area contributed by atoms with Crippen molar-refractivity contribution >= 4 is 0 Å². The lowest BCUT2D eigenvalue weighted by atomic mass is 9.78. The van der Waals surface area contributed by atoms with Gasteiger partial charge in [0.1, 0.15) is 0 Å². The molecule has 1 fully saturated rings. The van der Waals surface area contributed by atoms with Gasteiger partial charge in [0.15, 0.2) is 0 Å². The van der Waals surface area contributed by atoms with Crippen LogP contribution in [0.2, 0.25) is 0 Å². The lowest BCUT2D eigenvalue weighted by Gasteiger charge is -2.50. The van der Waals surface area contributed by atoms with Gasteiger partial charge in [-0.3, -0.25) is 4.90 Å². The van der Waals surface area contributed by atoms with Gasteiger partial charge in [-0.2, -0.15) is 5.26 Å². The van der Waals surface area contributed by atoms with Crippen molar-refractivity contribution in [1.82, 2.24) is 4.90 Å². The Labute approximate surface area is 256 Å². The number of hydrogen-bond acceptors (Lipinski definition) is 2. The highest BCUT2D eigenvalue weighted by Crippen LogP contribution is 2.39. The van der Waals surface area contributed by atoms with Crippen molar-refractivity contribution < 1.29 is 0 Å². The van der Waals surface area contributed by atoms with Crippen molar-refractivity contribution in [1.29, 1.82) is 5.26 Å². The Morgan fingerprint density at radius 1 is 0.929 bits per heavy atom. The summed E-state index contributed by atoms with van der Waals surface area (Å²) < 4.78 is 0. The second-order valence-electron chi connectivity index (χ2n) is 11.9. The van der Waals surface area contributed by atoms with Gasteiger partial charge in [0, 0.05) is 36.2 Å². The van der Waals surface area contributed by atoms with E-state index in [1.165, 1.54) is 35.1 Å². The van der Waals surface area contributed by atoms with E-state index in [1.54, 1.807) is 0 Å². The molecule has 0 bridgehead atoms. The first kappa shape index (κ1) is 32.9. The van der Waals surface area contributed by atoms with Crippen LogP contribution in [-0.4, -0.2) is 24.0 Å². The average molecular weight is 559 g/mol. The van der Waals surface area contributed by atoms with Crippen LogP contribution in [0.1, 0.15) is 94.0 Å². The number of hydrogen-bond donors (Lipinski definition) is 0. The lowest BCUT2D eigenvalue weighted by molar-refractivity contribution is 0.0373. The molecule has 1 aliphatic rings. The summed E-state index contributed by atoms with van der Waals surface area (Å²) in [7, 11) is 0. The van der Waals surface area contributed by atoms with Crippen LogP contribution in [0, 0.1) is 35.0 Å². The summed E-state index contributed by atoms with van der Waals surface area (Å²) in [4.78, 5) is 2.56. The molecule has 1 saturated heterocycles. The summed E-state index contributed by atoms with van der Waals surface area (Å²) in [5.41, 5.74) is 7.53. The van der Waals surface area contributed by atoms with Crippen LogP contribution in [0.25, 0.3) is 0 Å². The molecule has 0 N–H and O–H groups in total. The highest BCUT2D eigenvalue weighted by atomic mass is 15.2. The highest BCUT2D eigenvalue weighted by Gasteiger charge is 2.40. The van der Waals surface area contributed by atoms with E-state index in [0.29, 0.717) is 17.9 Å². The number of unbranched alkanes of at least 4 members (excludes halogenated alkanes) is 1. The van der Waals surface area contributed by atoms with Gasteiger partial charge in [-0.15, -0.1) is 0 Å². The van der Waals surface area contributed by atoms with Crippen molar-refractivity contribution in [3.05, 3.63) is 119 Å². The van der Waals surface area contributed by atoms with Gasteiger partial charge < -0.3 is 0 Å². The fraction of sp³-hybridized carbons (Fsp3) is 0.425. The van der Waals surface area contributed by atoms with Crippen LogP contribution >= 0.6 is 0 Å². The number of likely N-dealkylation sites (tertiary alicyclic amines) is 1. The Morgan fingerprint density at radius 2 is 1.57 bits per heavy atom. The van der Waals surface area contributed by atoms with Crippen LogP contribution in [0.15, 0.2) is 91.0 Å². The zero-order valence-corrected chi connectivity index (χ0v) is 25.3. The van der Waals surface area contributed by atoms with Crippen LogP contribution in [0.3, 0.4) is 0 Å². The molecule has 4 rings (SSSR count). The molecule has 0 aromatic heterocycles. The zero-order chi connectivity index (χ0) is 29.0. The fourth-order valence-corrected chi connectivity index (χ4v) is 5.85. The summed E-state index contributed by atoms with van der Waals surface area (Å²) in [6, 6.07) is 31.1. The van der Waals surface area contributed by atoms with Crippen LogP contribution in [0.5, 0.6) is 0 Å². The van der Waals surface area contributed by atoms with Gasteiger partial charge in [-0.05, 0) is 79.0 Å². The third-order valence-corrected chi connectivity index (χ3v) is 8.85. The first-order valence-corrected chi connectivity index (χ1v) is 15.6. The molecular weight excluding hydrogens is 508 g/mol. The normalized spacial score (nSPS) is 17.5. The number of allylic oxidation sites excluding steroid dienone is 1. The minimum absolute atomic E-state index is 0. The molecule has 3 aromatic carbocycles. The molecular formula is C40H50N2. The molecule has 2 unspecified atom stereocenters. The van der Waals surface area contributed by atoms with Crippen molar-refractivity contribution in [2.45, 2.75) is 85.1 Å². The quantitative estimate of drug-likeness (QED) is 0.154. The minimum Gasteiger partial charge on any atom is -0.298 e. The van der Waals surface area contributed by atoms with E-state index < -0.39 is 0 Å². The molecule has 2 heteroatoms. The molecule has 0 amide bonds. The fourth-order valence-electron chi connectivity index (χ4n) is 5.85. The van der Waals surface area contributed by atoms with Gasteiger partial charge in [0.2, 0.25) is 0 Å². The standard InChI is InChI=1S/C39H46N2.CH4/c1-5-7-11-33-17-19-35(20-18-33)26-30(3)14-25-39-38(29-41(39)28-37(27-40)31(4)6-2)36-23-21-34(22-24-36)16-15-32-12-9-8-10-13-32;/h8-10,12-13,17-24,31,37-39H,3,5-7,11,14,25-26,28-29H2,1-2,4H3;1H4/t31?,37?,38-,39+;/m1./s1. The number of nitriles is 1. The molecule has 3 aromatic rings. The van der Waals surface area contributed by atoms with Crippen LogP contribution in [-0.2, 0) is 12.8 Å². The Morgan fingerprint density at radius 3 is 2.19 bits per heavy atom. The molecule has 1 heterocycles. The molecule has 0 spiro atoms. The molecule has 1 aliphatic heterocycles. The average Bonchev–Trinajstić information content (AvgIpc) is 3.00. The smallest absolute Gasteiger partial charge is 0.0672 e. The number of nitrogens with zero attached hydrogens (tertiary/aromatic N) is 2. The summed E-state index contributed by atoms with van der Waals surface area (Å²) in [6.07, 6.45) is 7.71. The maximum absolute atomic E-state index is 9.87. The van der Waals surface area contributed by atoms with Gasteiger partial charge in [0.25, 0.3) is 0 Å². The minimum atomic E-state index is 0. The maximum Gasteiger partial charge on any atom is 0.0672 e. The van der Waals surface area contributed by atoms with E-state index in [1.807, 2.05) is 30.3 Å². The van der Waals surface area contributed by atoms with Crippen molar-refractivity contribution in [2.75, 3.05) is 13.1 Å². The summed E-state index contributed by atoms with van der Waals surface area (Å²) in [6.45, 7) is 13.0. The second-order valence-corrected chi connectivity index (χ2v) is 11.9. The lowest BCUT2D eigenvalue weighted by Crippen LogP contribution is -2.56. The number of aryl methyl sites for hydroxylation is 1. The number of benzene rings is 3. The Kier molecular flexibility index (Phi) is 13.1. The molecule has 0 saturated carbocycles. The van der Waals surface area contributed by atoms with E-state index in [9.17, 15) is 5.26 Å². The number of rotatable bonds is 13. The second kappa shape index (κ2) is 16.8. The summed E-state index contributed by atoms with van der Waals surface area (Å²) in [5.74, 6) is 7.54. The predicted octanol–water partition coefficient (Wildman–Crippen LogP) is 9.60. The topological polar surface area (TPSA) is 27.0 Å². The maximum atomic E-state index is 9.87. The van der Waals surface area contributed by atoms with Crippen molar-refractivity contribution in [3.8, 4) is 17.9 Å². The predicted molar refractivity (Wildman–Crippen MR) is 179 cm³/mol. The Balaban J connectivity index is 0.00000484. The summed E-state index contributed by atoms with van der Waals surface area (Å²) >= 11 is 0. The Bertz CT molecular complexity index is 1340. The first-order valence-electron chi connectivity index (χ1n) is 15.6. The van der Waals surface area contributed by atoms with Crippen molar-refractivity contribution in [2.24, 2.45) is 11.8 Å². The monoisotopic (exact) mass is 558 g/mol. The van der Waals surface area contributed by atoms with Gasteiger partial charge in [0.05, 0.1) is 12.0 Å². The molecule has 4 atom stereocenters. The Hall–Kier alpha value is -3.59. The molecule has 42 heavy (non-hydrogen) atoms. The van der Waals surface area contributed by atoms with E-state index in [0.717, 1.165) is 56.3 Å². The van der Waals surface area contributed by atoms with E-state index in [2.05, 4.69) is 98.7 Å². The van der Waals surface area contributed by atoms with Gasteiger partial charge in [-0.25, -0.2) is 0 Å². The molecule has 220 valence electrons. The van der Waals surface area contributed by atoms with Gasteiger partial charge >= 0.3 is 0 Å². The summed E-state index contributed by atoms with van der Waals surface area (Å²) in [5, 5.41) is 9.87. The van der Waals surface area contributed by atoms with E-state index >= 15 is 0 Å². The largest absolute Gasteiger partial charge is 0.298 e. The van der Waals surface area contributed by atoms with Gasteiger partial charge in [-0.1, -0.05) is 120 Å². The molecule has 0 radical (unpaired) electrons. The molecule has 2 nitrogen and oxygen atoms in total. The van der Waals surface area contributed by atoms with Crippen LogP contribution in [0.4, 0.5) is 0 Å².